The highest BCUT2D eigenvalue weighted by atomic mass is 16.1. The summed E-state index contributed by atoms with van der Waals surface area (Å²) in [6.07, 6.45) is 3.11. The van der Waals surface area contributed by atoms with Crippen LogP contribution >= 0.6 is 0 Å². The van der Waals surface area contributed by atoms with Gasteiger partial charge in [-0.25, -0.2) is 4.98 Å². The molecule has 1 aromatic rings. The van der Waals surface area contributed by atoms with Gasteiger partial charge in [0, 0.05) is 12.2 Å². The fourth-order valence-corrected chi connectivity index (χ4v) is 1.04. The van der Waals surface area contributed by atoms with E-state index in [1.165, 1.54) is 0 Å². The second-order valence-corrected chi connectivity index (χ2v) is 2.88. The topological polar surface area (TPSA) is 82.0 Å². The zero-order chi connectivity index (χ0) is 9.84. The molecule has 0 saturated heterocycles. The van der Waals surface area contributed by atoms with E-state index in [2.05, 4.69) is 4.98 Å². The molecule has 1 aromatic heterocycles. The predicted octanol–water partition coefficient (Wildman–Crippen LogP) is 0.886. The molecule has 4 heteroatoms. The summed E-state index contributed by atoms with van der Waals surface area (Å²) in [6, 6.07) is 1.61. The fourth-order valence-electron chi connectivity index (χ4n) is 1.04. The van der Waals surface area contributed by atoms with Crippen molar-refractivity contribution >= 4 is 12.1 Å². The minimum atomic E-state index is -0.0770. The van der Waals surface area contributed by atoms with E-state index in [1.807, 2.05) is 6.92 Å². The van der Waals surface area contributed by atoms with Crippen molar-refractivity contribution in [3.05, 3.63) is 23.4 Å². The zero-order valence-electron chi connectivity index (χ0n) is 7.53. The number of aromatic nitrogens is 1. The summed E-state index contributed by atoms with van der Waals surface area (Å²) < 4.78 is 0. The summed E-state index contributed by atoms with van der Waals surface area (Å²) in [5.41, 5.74) is 12.5. The number of anilines is 1. The number of hydrogen-bond acceptors (Lipinski definition) is 4. The van der Waals surface area contributed by atoms with E-state index in [-0.39, 0.29) is 11.9 Å². The molecule has 0 spiro atoms. The zero-order valence-corrected chi connectivity index (χ0v) is 7.53. The third-order valence-corrected chi connectivity index (χ3v) is 1.97. The van der Waals surface area contributed by atoms with Crippen molar-refractivity contribution < 1.29 is 4.79 Å². The lowest BCUT2D eigenvalue weighted by atomic mass is 10.1. The monoisotopic (exact) mass is 179 g/mol. The van der Waals surface area contributed by atoms with Crippen LogP contribution in [0.3, 0.4) is 0 Å². The summed E-state index contributed by atoms with van der Waals surface area (Å²) in [6.45, 7) is 1.97. The maximum Gasteiger partial charge on any atom is 0.153 e. The molecule has 0 aliphatic carbocycles. The van der Waals surface area contributed by atoms with Gasteiger partial charge in [0.1, 0.15) is 5.82 Å². The van der Waals surface area contributed by atoms with E-state index >= 15 is 0 Å². The van der Waals surface area contributed by atoms with Crippen LogP contribution in [0.4, 0.5) is 5.82 Å². The molecular weight excluding hydrogens is 166 g/mol. The molecule has 4 nitrogen and oxygen atoms in total. The normalized spacial score (nSPS) is 12.5. The van der Waals surface area contributed by atoms with Crippen molar-refractivity contribution in [1.82, 2.24) is 4.98 Å². The second-order valence-electron chi connectivity index (χ2n) is 2.88. The molecule has 0 bridgehead atoms. The first kappa shape index (κ1) is 9.67. The Morgan fingerprint density at radius 2 is 2.38 bits per heavy atom. The van der Waals surface area contributed by atoms with Crippen LogP contribution in [-0.4, -0.2) is 11.3 Å². The first-order valence-electron chi connectivity index (χ1n) is 4.15. The molecule has 0 saturated carbocycles. The van der Waals surface area contributed by atoms with Crippen molar-refractivity contribution in [2.75, 3.05) is 5.73 Å². The first-order chi connectivity index (χ1) is 6.19. The lowest BCUT2D eigenvalue weighted by Crippen LogP contribution is -2.10. The third-order valence-electron chi connectivity index (χ3n) is 1.97. The van der Waals surface area contributed by atoms with Crippen LogP contribution in [0.25, 0.3) is 0 Å². The Morgan fingerprint density at radius 1 is 1.69 bits per heavy atom. The number of aldehydes is 1. The van der Waals surface area contributed by atoms with E-state index in [0.717, 1.165) is 12.0 Å². The molecule has 0 amide bonds. The quantitative estimate of drug-likeness (QED) is 0.675. The van der Waals surface area contributed by atoms with E-state index in [9.17, 15) is 4.79 Å². The molecule has 0 aromatic carbocycles. The standard InChI is InChI=1S/C9H13N3O/c1-2-8(10)6-3-7(5-13)9(11)12-4-6/h3-5,8H,2,10H2,1H3,(H2,11,12)/t8-/m1/s1. The van der Waals surface area contributed by atoms with Crippen LogP contribution in [0, 0.1) is 0 Å². The summed E-state index contributed by atoms with van der Waals surface area (Å²) >= 11 is 0. The predicted molar refractivity (Wildman–Crippen MR) is 51.3 cm³/mol. The van der Waals surface area contributed by atoms with Gasteiger partial charge in [-0.15, -0.1) is 0 Å². The van der Waals surface area contributed by atoms with Gasteiger partial charge in [0.15, 0.2) is 6.29 Å². The minimum absolute atomic E-state index is 0.0770. The number of nitrogens with zero attached hydrogens (tertiary/aromatic N) is 1. The Labute approximate surface area is 77.0 Å². The molecule has 4 N–H and O–H groups in total. The number of carbonyl (C=O) groups excluding carboxylic acids is 1. The van der Waals surface area contributed by atoms with Crippen molar-refractivity contribution in [2.45, 2.75) is 19.4 Å². The molecule has 70 valence electrons. The van der Waals surface area contributed by atoms with Gasteiger partial charge in [-0.1, -0.05) is 6.92 Å². The Bertz CT molecular complexity index is 312. The lowest BCUT2D eigenvalue weighted by Gasteiger charge is -2.09. The van der Waals surface area contributed by atoms with Crippen LogP contribution in [0.1, 0.15) is 35.3 Å². The summed E-state index contributed by atoms with van der Waals surface area (Å²) in [4.78, 5) is 14.4. The summed E-state index contributed by atoms with van der Waals surface area (Å²) in [5.74, 6) is 0.252. The molecule has 0 radical (unpaired) electrons. The molecule has 1 rings (SSSR count). The van der Waals surface area contributed by atoms with Crippen LogP contribution in [-0.2, 0) is 0 Å². The lowest BCUT2D eigenvalue weighted by molar-refractivity contribution is 0.112. The van der Waals surface area contributed by atoms with Crippen molar-refractivity contribution in [2.24, 2.45) is 5.73 Å². The van der Waals surface area contributed by atoms with Crippen molar-refractivity contribution in [1.29, 1.82) is 0 Å². The van der Waals surface area contributed by atoms with Gasteiger partial charge in [-0.3, -0.25) is 4.79 Å². The van der Waals surface area contributed by atoms with Gasteiger partial charge in [-0.05, 0) is 18.1 Å². The van der Waals surface area contributed by atoms with Crippen LogP contribution in [0.15, 0.2) is 12.3 Å². The van der Waals surface area contributed by atoms with E-state index < -0.39 is 0 Å². The van der Waals surface area contributed by atoms with E-state index in [0.29, 0.717) is 11.8 Å². The van der Waals surface area contributed by atoms with Crippen molar-refractivity contribution in [3.8, 4) is 0 Å². The van der Waals surface area contributed by atoms with Gasteiger partial charge in [-0.2, -0.15) is 0 Å². The molecule has 13 heavy (non-hydrogen) atoms. The van der Waals surface area contributed by atoms with Crippen LogP contribution in [0.5, 0.6) is 0 Å². The Morgan fingerprint density at radius 3 is 2.92 bits per heavy atom. The average molecular weight is 179 g/mol. The molecule has 1 atom stereocenters. The maximum absolute atomic E-state index is 10.5. The number of nitrogen functional groups attached to an aromatic ring is 1. The summed E-state index contributed by atoms with van der Waals surface area (Å²) in [5, 5.41) is 0. The molecule has 0 aliphatic rings. The molecule has 0 aliphatic heterocycles. The first-order valence-corrected chi connectivity index (χ1v) is 4.15. The minimum Gasteiger partial charge on any atom is -0.383 e. The largest absolute Gasteiger partial charge is 0.383 e. The van der Waals surface area contributed by atoms with Gasteiger partial charge < -0.3 is 11.5 Å². The number of carbonyl (C=O) groups is 1. The Hall–Kier alpha value is -1.42. The number of rotatable bonds is 3. The van der Waals surface area contributed by atoms with Crippen LogP contribution < -0.4 is 11.5 Å². The van der Waals surface area contributed by atoms with E-state index in [1.54, 1.807) is 12.3 Å². The summed E-state index contributed by atoms with van der Waals surface area (Å²) in [7, 11) is 0. The van der Waals surface area contributed by atoms with Gasteiger partial charge in [0.2, 0.25) is 0 Å². The number of nitrogens with two attached hydrogens (primary N) is 2. The molecule has 0 unspecified atom stereocenters. The maximum atomic E-state index is 10.5. The average Bonchev–Trinajstić information content (AvgIpc) is 2.17. The molecule has 0 fully saturated rings. The van der Waals surface area contributed by atoms with Crippen LogP contribution in [0.2, 0.25) is 0 Å². The second kappa shape index (κ2) is 4.00. The highest BCUT2D eigenvalue weighted by molar-refractivity contribution is 5.81. The third kappa shape index (κ3) is 2.03. The Kier molecular flexibility index (Phi) is 2.97. The fraction of sp³-hybridized carbons (Fsp3) is 0.333. The molecule has 1 heterocycles. The highest BCUT2D eigenvalue weighted by Crippen LogP contribution is 2.16. The highest BCUT2D eigenvalue weighted by Gasteiger charge is 2.06. The SMILES string of the molecule is CC[C@@H](N)c1cnc(N)c(C=O)c1. The van der Waals surface area contributed by atoms with E-state index in [4.69, 9.17) is 11.5 Å². The van der Waals surface area contributed by atoms with Gasteiger partial charge >= 0.3 is 0 Å². The van der Waals surface area contributed by atoms with Crippen molar-refractivity contribution in [3.63, 3.8) is 0 Å². The smallest absolute Gasteiger partial charge is 0.153 e. The van der Waals surface area contributed by atoms with Gasteiger partial charge in [0.25, 0.3) is 0 Å². The number of hydrogen-bond donors (Lipinski definition) is 2. The molecular formula is C9H13N3O. The number of pyridine rings is 1. The van der Waals surface area contributed by atoms with Gasteiger partial charge in [0.05, 0.1) is 5.56 Å². The Balaban J connectivity index is 3.05.